The highest BCUT2D eigenvalue weighted by molar-refractivity contribution is 5.95. The lowest BCUT2D eigenvalue weighted by atomic mass is 10.1. The largest absolute Gasteiger partial charge is 0.417 e. The fraction of sp³-hybridized carbons (Fsp3) is 0.389. The van der Waals surface area contributed by atoms with Gasteiger partial charge < -0.3 is 9.64 Å². The van der Waals surface area contributed by atoms with Crippen LogP contribution >= 0.6 is 0 Å². The van der Waals surface area contributed by atoms with Gasteiger partial charge in [-0.2, -0.15) is 18.3 Å². The molecule has 2 aliphatic rings. The molecule has 3 aromatic heterocycles. The zero-order chi connectivity index (χ0) is 19.6. The summed E-state index contributed by atoms with van der Waals surface area (Å²) in [4.78, 5) is 19.0. The van der Waals surface area contributed by atoms with Gasteiger partial charge in [0.25, 0.3) is 5.91 Å². The molecule has 146 valence electrons. The molecule has 28 heavy (non-hydrogen) atoms. The van der Waals surface area contributed by atoms with E-state index in [9.17, 15) is 18.0 Å². The Bertz CT molecular complexity index is 1090. The number of carbonyl (C=O) groups excluding carboxylic acids is 1. The highest BCUT2D eigenvalue weighted by Crippen LogP contribution is 2.35. The molecule has 5 rings (SSSR count). The maximum atomic E-state index is 13.5. The highest BCUT2D eigenvalue weighted by atomic mass is 19.4. The van der Waals surface area contributed by atoms with E-state index in [1.165, 1.54) is 21.5 Å². The van der Waals surface area contributed by atoms with E-state index < -0.39 is 11.7 Å². The molecule has 0 saturated carbocycles. The van der Waals surface area contributed by atoms with E-state index >= 15 is 0 Å². The van der Waals surface area contributed by atoms with Gasteiger partial charge in [-0.15, -0.1) is 0 Å². The van der Waals surface area contributed by atoms with Gasteiger partial charge in [0.15, 0.2) is 0 Å². The number of rotatable bonds is 2. The smallest absolute Gasteiger partial charge is 0.374 e. The summed E-state index contributed by atoms with van der Waals surface area (Å²) in [5.74, 6) is -0.334. The van der Waals surface area contributed by atoms with Crippen LogP contribution < -0.4 is 0 Å². The topological polar surface area (TPSA) is 64.7 Å². The molecule has 0 aromatic carbocycles. The van der Waals surface area contributed by atoms with Crippen LogP contribution in [0, 0.1) is 0 Å². The van der Waals surface area contributed by atoms with E-state index in [2.05, 4.69) is 10.1 Å². The van der Waals surface area contributed by atoms with Crippen molar-refractivity contribution in [2.45, 2.75) is 24.7 Å². The summed E-state index contributed by atoms with van der Waals surface area (Å²) in [5, 5.41) is 4.03. The number of fused-ring (bicyclic) bond motifs is 3. The van der Waals surface area contributed by atoms with Crippen molar-refractivity contribution in [1.29, 1.82) is 0 Å². The second-order valence-electron chi connectivity index (χ2n) is 7.18. The van der Waals surface area contributed by atoms with Crippen molar-refractivity contribution in [3.8, 4) is 11.1 Å². The molecule has 7 nitrogen and oxygen atoms in total. The Morgan fingerprint density at radius 2 is 2.11 bits per heavy atom. The van der Waals surface area contributed by atoms with Gasteiger partial charge in [-0.25, -0.2) is 4.98 Å². The number of hydrogen-bond acceptors (Lipinski definition) is 4. The van der Waals surface area contributed by atoms with Crippen LogP contribution in [-0.4, -0.2) is 55.3 Å². The second-order valence-corrected chi connectivity index (χ2v) is 7.18. The molecule has 0 spiro atoms. The van der Waals surface area contributed by atoms with Gasteiger partial charge in [0.05, 0.1) is 36.7 Å². The van der Waals surface area contributed by atoms with Crippen LogP contribution in [0.5, 0.6) is 0 Å². The van der Waals surface area contributed by atoms with E-state index in [1.807, 2.05) is 0 Å². The third-order valence-corrected chi connectivity index (χ3v) is 5.33. The van der Waals surface area contributed by atoms with E-state index in [1.54, 1.807) is 18.1 Å². The number of hydrogen-bond donors (Lipinski definition) is 0. The van der Waals surface area contributed by atoms with Gasteiger partial charge in [-0.05, 0) is 12.5 Å². The number of nitrogens with zero attached hydrogens (tertiary/aromatic N) is 5. The SMILES string of the molecule is Cn1cc(-c2cc(C(F)(F)F)cn3c(C(=O)N4C[C@@H]5C[C@H]4CO5)cnc23)cn1. The maximum absolute atomic E-state index is 13.5. The molecule has 2 fully saturated rings. The Morgan fingerprint density at radius 1 is 1.29 bits per heavy atom. The number of carbonyl (C=O) groups is 1. The summed E-state index contributed by atoms with van der Waals surface area (Å²) in [5.41, 5.74) is 0.311. The second kappa shape index (κ2) is 5.81. The van der Waals surface area contributed by atoms with E-state index in [4.69, 9.17) is 4.74 Å². The predicted octanol–water partition coefficient (Wildman–Crippen LogP) is 2.37. The molecule has 0 aliphatic carbocycles. The number of morpholine rings is 1. The fourth-order valence-electron chi connectivity index (χ4n) is 3.97. The van der Waals surface area contributed by atoms with Gasteiger partial charge in [0, 0.05) is 37.1 Å². The van der Waals surface area contributed by atoms with E-state index in [0.717, 1.165) is 18.7 Å². The van der Waals surface area contributed by atoms with Crippen molar-refractivity contribution in [3.63, 3.8) is 0 Å². The van der Waals surface area contributed by atoms with Crippen LogP contribution in [0.15, 0.2) is 30.9 Å². The molecule has 0 radical (unpaired) electrons. The summed E-state index contributed by atoms with van der Waals surface area (Å²) in [6.07, 6.45) is 1.56. The number of ether oxygens (including phenoxy) is 1. The molecule has 2 saturated heterocycles. The van der Waals surface area contributed by atoms with E-state index in [-0.39, 0.29) is 35.0 Å². The number of imidazole rings is 1. The van der Waals surface area contributed by atoms with Gasteiger partial charge in [0.1, 0.15) is 11.3 Å². The lowest BCUT2D eigenvalue weighted by Crippen LogP contribution is -2.41. The van der Waals surface area contributed by atoms with Gasteiger partial charge in [-0.1, -0.05) is 0 Å². The van der Waals surface area contributed by atoms with Gasteiger partial charge in [0.2, 0.25) is 0 Å². The first-order chi connectivity index (χ1) is 13.3. The standard InChI is InChI=1S/C18H16F3N5O2/c1-24-6-10(4-23-24)14-2-11(18(19,20)21)7-26-15(5-22-16(14)26)17(27)25-8-13-3-12(25)9-28-13/h2,4-7,12-13H,3,8-9H2,1H3/t12-,13-/m0/s1. The third kappa shape index (κ3) is 2.59. The molecule has 2 bridgehead atoms. The summed E-state index contributed by atoms with van der Waals surface area (Å²) >= 11 is 0. The monoisotopic (exact) mass is 391 g/mol. The first-order valence-corrected chi connectivity index (χ1v) is 8.81. The molecule has 3 aromatic rings. The van der Waals surface area contributed by atoms with Crippen LogP contribution in [-0.2, 0) is 18.0 Å². The molecule has 0 N–H and O–H groups in total. The molecule has 2 aliphatic heterocycles. The zero-order valence-electron chi connectivity index (χ0n) is 14.8. The molecule has 2 atom stereocenters. The van der Waals surface area contributed by atoms with Crippen LogP contribution in [0.4, 0.5) is 13.2 Å². The quantitative estimate of drug-likeness (QED) is 0.673. The minimum atomic E-state index is -4.56. The Morgan fingerprint density at radius 3 is 2.71 bits per heavy atom. The molecular weight excluding hydrogens is 375 g/mol. The number of aromatic nitrogens is 4. The van der Waals surface area contributed by atoms with Crippen molar-refractivity contribution in [1.82, 2.24) is 24.1 Å². The Labute approximate surface area is 157 Å². The van der Waals surface area contributed by atoms with Crippen molar-refractivity contribution in [2.24, 2.45) is 7.05 Å². The van der Waals surface area contributed by atoms with Crippen LogP contribution in [0.2, 0.25) is 0 Å². The maximum Gasteiger partial charge on any atom is 0.417 e. The number of amides is 1. The predicted molar refractivity (Wildman–Crippen MR) is 91.6 cm³/mol. The normalized spacial score (nSPS) is 21.8. The number of likely N-dealkylation sites (tertiary alicyclic amines) is 1. The third-order valence-electron chi connectivity index (χ3n) is 5.33. The van der Waals surface area contributed by atoms with Crippen LogP contribution in [0.1, 0.15) is 22.5 Å². The Kier molecular flexibility index (Phi) is 3.57. The van der Waals surface area contributed by atoms with Crippen molar-refractivity contribution in [3.05, 3.63) is 42.1 Å². The van der Waals surface area contributed by atoms with E-state index in [0.29, 0.717) is 18.7 Å². The average Bonchev–Trinajstić information content (AvgIpc) is 3.42. The summed E-state index contributed by atoms with van der Waals surface area (Å²) in [6, 6.07) is 1.01. The average molecular weight is 391 g/mol. The highest BCUT2D eigenvalue weighted by Gasteiger charge is 2.42. The molecule has 5 heterocycles. The number of aryl methyl sites for hydroxylation is 1. The first-order valence-electron chi connectivity index (χ1n) is 8.81. The van der Waals surface area contributed by atoms with Gasteiger partial charge in [-0.3, -0.25) is 13.9 Å². The fourth-order valence-corrected chi connectivity index (χ4v) is 3.97. The minimum Gasteiger partial charge on any atom is -0.374 e. The minimum absolute atomic E-state index is 0.00447. The molecule has 1 amide bonds. The van der Waals surface area contributed by atoms with Crippen molar-refractivity contribution in [2.75, 3.05) is 13.2 Å². The van der Waals surface area contributed by atoms with Gasteiger partial charge >= 0.3 is 6.18 Å². The molecular formula is C18H16F3N5O2. The lowest BCUT2D eigenvalue weighted by Gasteiger charge is -2.26. The molecule has 10 heteroatoms. The lowest BCUT2D eigenvalue weighted by molar-refractivity contribution is -0.137. The number of alkyl halides is 3. The van der Waals surface area contributed by atoms with Crippen molar-refractivity contribution >= 4 is 11.6 Å². The summed E-state index contributed by atoms with van der Waals surface area (Å²) in [7, 11) is 1.68. The summed E-state index contributed by atoms with van der Waals surface area (Å²) < 4.78 is 48.8. The Balaban J connectivity index is 1.66. The van der Waals surface area contributed by atoms with Crippen LogP contribution in [0.3, 0.4) is 0 Å². The number of pyridine rings is 1. The summed E-state index contributed by atoms with van der Waals surface area (Å²) in [6.45, 7) is 0.910. The first kappa shape index (κ1) is 17.2. The zero-order valence-corrected chi connectivity index (χ0v) is 14.8. The molecule has 0 unspecified atom stereocenters. The van der Waals surface area contributed by atoms with Crippen LogP contribution in [0.25, 0.3) is 16.8 Å². The van der Waals surface area contributed by atoms with Crippen molar-refractivity contribution < 1.29 is 22.7 Å². The number of halogens is 3. The Hall–Kier alpha value is -2.88.